The lowest BCUT2D eigenvalue weighted by Gasteiger charge is -2.04. The van der Waals surface area contributed by atoms with Gasteiger partial charge in [-0.05, 0) is 0 Å². The van der Waals surface area contributed by atoms with Crippen molar-refractivity contribution in [3.63, 3.8) is 0 Å². The Morgan fingerprint density at radius 1 is 1.22 bits per heavy atom. The maximum absolute atomic E-state index is 5.20. The zero-order valence-corrected chi connectivity index (χ0v) is 5.51. The molecule has 0 atom stereocenters. The van der Waals surface area contributed by atoms with E-state index in [0.717, 1.165) is 26.4 Å². The van der Waals surface area contributed by atoms with Gasteiger partial charge in [0.1, 0.15) is 0 Å². The number of hydrogen-bond donors (Lipinski definition) is 0. The molecule has 0 radical (unpaired) electrons. The Balaban J connectivity index is 2.26. The molecule has 0 unspecified atom stereocenters. The summed E-state index contributed by atoms with van der Waals surface area (Å²) in [5, 5.41) is 0. The SMILES string of the molecule is C=CC1COCCOC1. The summed E-state index contributed by atoms with van der Waals surface area (Å²) < 4.78 is 10.4. The Labute approximate surface area is 55.5 Å². The van der Waals surface area contributed by atoms with E-state index in [1.54, 1.807) is 0 Å². The van der Waals surface area contributed by atoms with E-state index in [1.807, 2.05) is 6.08 Å². The molecule has 0 amide bonds. The Hall–Kier alpha value is -0.340. The molecule has 0 aromatic heterocycles. The second kappa shape index (κ2) is 3.64. The van der Waals surface area contributed by atoms with Crippen molar-refractivity contribution in [3.8, 4) is 0 Å². The van der Waals surface area contributed by atoms with Crippen LogP contribution >= 0.6 is 0 Å². The average molecular weight is 128 g/mol. The third-order valence-corrected chi connectivity index (χ3v) is 1.37. The Kier molecular flexibility index (Phi) is 2.74. The van der Waals surface area contributed by atoms with Crippen LogP contribution in [0, 0.1) is 5.92 Å². The number of rotatable bonds is 1. The molecular weight excluding hydrogens is 116 g/mol. The van der Waals surface area contributed by atoms with Crippen LogP contribution in [0.2, 0.25) is 0 Å². The summed E-state index contributed by atoms with van der Waals surface area (Å²) in [7, 11) is 0. The van der Waals surface area contributed by atoms with Gasteiger partial charge in [-0.25, -0.2) is 0 Å². The minimum Gasteiger partial charge on any atom is -0.378 e. The third-order valence-electron chi connectivity index (χ3n) is 1.37. The molecule has 0 aliphatic carbocycles. The van der Waals surface area contributed by atoms with Crippen LogP contribution in [-0.4, -0.2) is 26.4 Å². The first kappa shape index (κ1) is 6.78. The highest BCUT2D eigenvalue weighted by Crippen LogP contribution is 2.02. The van der Waals surface area contributed by atoms with Crippen molar-refractivity contribution in [1.29, 1.82) is 0 Å². The van der Waals surface area contributed by atoms with Crippen LogP contribution in [0.4, 0.5) is 0 Å². The summed E-state index contributed by atoms with van der Waals surface area (Å²) in [4.78, 5) is 0. The summed E-state index contributed by atoms with van der Waals surface area (Å²) in [6.07, 6.45) is 1.88. The molecule has 1 heterocycles. The minimum absolute atomic E-state index is 0.396. The van der Waals surface area contributed by atoms with Crippen molar-refractivity contribution in [1.82, 2.24) is 0 Å². The maximum atomic E-state index is 5.20. The van der Waals surface area contributed by atoms with Crippen LogP contribution in [0.1, 0.15) is 0 Å². The Morgan fingerprint density at radius 3 is 2.22 bits per heavy atom. The molecule has 1 fully saturated rings. The van der Waals surface area contributed by atoms with E-state index in [2.05, 4.69) is 6.58 Å². The molecule has 0 aromatic rings. The van der Waals surface area contributed by atoms with Gasteiger partial charge in [-0.3, -0.25) is 0 Å². The number of hydrogen-bond acceptors (Lipinski definition) is 2. The lowest BCUT2D eigenvalue weighted by Crippen LogP contribution is -2.07. The van der Waals surface area contributed by atoms with E-state index in [0.29, 0.717) is 5.92 Å². The highest BCUT2D eigenvalue weighted by atomic mass is 16.5. The number of ether oxygens (including phenoxy) is 2. The molecule has 52 valence electrons. The van der Waals surface area contributed by atoms with Crippen molar-refractivity contribution < 1.29 is 9.47 Å². The molecule has 0 spiro atoms. The van der Waals surface area contributed by atoms with Crippen LogP contribution in [0.15, 0.2) is 12.7 Å². The van der Waals surface area contributed by atoms with Crippen molar-refractivity contribution in [2.24, 2.45) is 5.92 Å². The first-order valence-corrected chi connectivity index (χ1v) is 3.21. The fourth-order valence-electron chi connectivity index (χ4n) is 0.771. The predicted octanol–water partition coefficient (Wildman–Crippen LogP) is 0.835. The van der Waals surface area contributed by atoms with Gasteiger partial charge in [-0.15, -0.1) is 6.58 Å². The van der Waals surface area contributed by atoms with Gasteiger partial charge in [-0.1, -0.05) is 6.08 Å². The second-order valence-electron chi connectivity index (χ2n) is 2.15. The molecule has 1 saturated heterocycles. The Bertz CT molecular complexity index is 82.9. The molecule has 0 N–H and O–H groups in total. The van der Waals surface area contributed by atoms with Crippen molar-refractivity contribution in [2.45, 2.75) is 0 Å². The van der Waals surface area contributed by atoms with Crippen LogP contribution in [-0.2, 0) is 9.47 Å². The van der Waals surface area contributed by atoms with Crippen LogP contribution < -0.4 is 0 Å². The van der Waals surface area contributed by atoms with E-state index in [4.69, 9.17) is 9.47 Å². The van der Waals surface area contributed by atoms with Gasteiger partial charge in [-0.2, -0.15) is 0 Å². The van der Waals surface area contributed by atoms with Crippen LogP contribution in [0.5, 0.6) is 0 Å². The van der Waals surface area contributed by atoms with Gasteiger partial charge in [0, 0.05) is 5.92 Å². The highest BCUT2D eigenvalue weighted by molar-refractivity contribution is 4.78. The standard InChI is InChI=1S/C7H12O2/c1-2-7-5-8-3-4-9-6-7/h2,7H,1,3-6H2. The first-order chi connectivity index (χ1) is 4.43. The quantitative estimate of drug-likeness (QED) is 0.487. The lowest BCUT2D eigenvalue weighted by molar-refractivity contribution is 0.103. The first-order valence-electron chi connectivity index (χ1n) is 3.21. The van der Waals surface area contributed by atoms with E-state index in [-0.39, 0.29) is 0 Å². The van der Waals surface area contributed by atoms with Crippen molar-refractivity contribution in [3.05, 3.63) is 12.7 Å². The molecule has 9 heavy (non-hydrogen) atoms. The predicted molar refractivity (Wildman–Crippen MR) is 35.3 cm³/mol. The van der Waals surface area contributed by atoms with E-state index in [1.165, 1.54) is 0 Å². The largest absolute Gasteiger partial charge is 0.378 e. The molecule has 1 aliphatic rings. The van der Waals surface area contributed by atoms with Gasteiger partial charge in [0.25, 0.3) is 0 Å². The minimum atomic E-state index is 0.396. The van der Waals surface area contributed by atoms with Crippen LogP contribution in [0.3, 0.4) is 0 Å². The average Bonchev–Trinajstić information content (AvgIpc) is 2.13. The summed E-state index contributed by atoms with van der Waals surface area (Å²) in [6, 6.07) is 0. The molecule has 0 saturated carbocycles. The molecular formula is C7H12O2. The van der Waals surface area contributed by atoms with Crippen molar-refractivity contribution in [2.75, 3.05) is 26.4 Å². The van der Waals surface area contributed by atoms with Gasteiger partial charge in [0.05, 0.1) is 26.4 Å². The fourth-order valence-corrected chi connectivity index (χ4v) is 0.771. The van der Waals surface area contributed by atoms with Crippen molar-refractivity contribution >= 4 is 0 Å². The molecule has 2 nitrogen and oxygen atoms in total. The van der Waals surface area contributed by atoms with Gasteiger partial charge < -0.3 is 9.47 Å². The summed E-state index contributed by atoms with van der Waals surface area (Å²) >= 11 is 0. The molecule has 0 bridgehead atoms. The Morgan fingerprint density at radius 2 is 1.78 bits per heavy atom. The summed E-state index contributed by atoms with van der Waals surface area (Å²) in [5.74, 6) is 0.396. The topological polar surface area (TPSA) is 18.5 Å². The zero-order valence-electron chi connectivity index (χ0n) is 5.51. The van der Waals surface area contributed by atoms with Gasteiger partial charge in [0.2, 0.25) is 0 Å². The smallest absolute Gasteiger partial charge is 0.0700 e. The van der Waals surface area contributed by atoms with E-state index < -0.39 is 0 Å². The summed E-state index contributed by atoms with van der Waals surface area (Å²) in [6.45, 7) is 6.65. The second-order valence-corrected chi connectivity index (χ2v) is 2.15. The highest BCUT2D eigenvalue weighted by Gasteiger charge is 2.07. The molecule has 1 rings (SSSR count). The lowest BCUT2D eigenvalue weighted by atomic mass is 10.2. The maximum Gasteiger partial charge on any atom is 0.0700 e. The molecule has 2 heteroatoms. The fraction of sp³-hybridized carbons (Fsp3) is 0.714. The molecule has 1 aliphatic heterocycles. The third kappa shape index (κ3) is 2.16. The normalized spacial score (nSPS) is 23.1. The van der Waals surface area contributed by atoms with E-state index >= 15 is 0 Å². The van der Waals surface area contributed by atoms with Crippen LogP contribution in [0.25, 0.3) is 0 Å². The summed E-state index contributed by atoms with van der Waals surface area (Å²) in [5.41, 5.74) is 0. The van der Waals surface area contributed by atoms with Gasteiger partial charge in [0.15, 0.2) is 0 Å². The monoisotopic (exact) mass is 128 g/mol. The van der Waals surface area contributed by atoms with E-state index in [9.17, 15) is 0 Å². The zero-order chi connectivity index (χ0) is 6.53. The molecule has 0 aromatic carbocycles. The van der Waals surface area contributed by atoms with Gasteiger partial charge >= 0.3 is 0 Å².